The van der Waals surface area contributed by atoms with E-state index in [9.17, 15) is 9.59 Å². The lowest BCUT2D eigenvalue weighted by Gasteiger charge is -2.15. The van der Waals surface area contributed by atoms with Crippen LogP contribution in [0.4, 0.5) is 0 Å². The second-order valence-electron chi connectivity index (χ2n) is 3.86. The third kappa shape index (κ3) is 2.82. The first-order chi connectivity index (χ1) is 7.20. The van der Waals surface area contributed by atoms with Crippen molar-refractivity contribution in [3.05, 3.63) is 0 Å². The lowest BCUT2D eigenvalue weighted by Crippen LogP contribution is -2.26. The molecule has 0 amide bonds. The van der Waals surface area contributed by atoms with Gasteiger partial charge < -0.3 is 4.74 Å². The summed E-state index contributed by atoms with van der Waals surface area (Å²) in [7, 11) is 1.33. The number of Topliss-reactive ketones (excluding diaryl/α,β-unsaturated/α-hetero) is 1. The molecule has 0 aromatic rings. The van der Waals surface area contributed by atoms with Crippen molar-refractivity contribution in [2.45, 2.75) is 32.1 Å². The summed E-state index contributed by atoms with van der Waals surface area (Å²) in [6, 6.07) is 0. The van der Waals surface area contributed by atoms with Crippen molar-refractivity contribution in [2.75, 3.05) is 7.11 Å². The fourth-order valence-electron chi connectivity index (χ4n) is 2.14. The minimum absolute atomic E-state index is 0.0209. The Bertz CT molecular complexity index is 288. The molecule has 1 rings (SSSR count). The number of hydrogen-bond donors (Lipinski definition) is 0. The van der Waals surface area contributed by atoms with E-state index < -0.39 is 5.92 Å². The summed E-state index contributed by atoms with van der Waals surface area (Å²) in [5, 5.41) is 0. The molecule has 0 radical (unpaired) electrons. The molecule has 0 aromatic heterocycles. The molecular weight excluding hydrogens is 192 g/mol. The second-order valence-corrected chi connectivity index (χ2v) is 3.86. The predicted molar refractivity (Wildman–Crippen MR) is 55.9 cm³/mol. The Morgan fingerprint density at radius 3 is 3.00 bits per heavy atom. The molecule has 0 N–H and O–H groups in total. The normalized spacial score (nSPS) is 24.9. The first-order valence-corrected chi connectivity index (χ1v) is 5.24. The van der Waals surface area contributed by atoms with Crippen molar-refractivity contribution < 1.29 is 14.3 Å². The maximum atomic E-state index is 11.5. The average molecular weight is 208 g/mol. The quantitative estimate of drug-likeness (QED) is 0.305. The minimum Gasteiger partial charge on any atom is -0.468 e. The van der Waals surface area contributed by atoms with Gasteiger partial charge in [-0.05, 0) is 25.2 Å². The number of ketones is 1. The molecule has 0 spiro atoms. The maximum Gasteiger partial charge on any atom is 0.316 e. The molecule has 3 heteroatoms. The molecule has 82 valence electrons. The van der Waals surface area contributed by atoms with Crippen molar-refractivity contribution in [1.29, 1.82) is 0 Å². The topological polar surface area (TPSA) is 43.4 Å². The third-order valence-corrected chi connectivity index (χ3v) is 2.93. The summed E-state index contributed by atoms with van der Waals surface area (Å²) >= 11 is 0. The Balaban J connectivity index is 2.53. The zero-order chi connectivity index (χ0) is 11.3. The Morgan fingerprint density at radius 2 is 2.40 bits per heavy atom. The lowest BCUT2D eigenvalue weighted by atomic mass is 9.91. The van der Waals surface area contributed by atoms with Gasteiger partial charge in [-0.3, -0.25) is 9.59 Å². The van der Waals surface area contributed by atoms with Crippen LogP contribution in [0.1, 0.15) is 32.1 Å². The number of rotatable bonds is 4. The van der Waals surface area contributed by atoms with Crippen LogP contribution >= 0.6 is 0 Å². The van der Waals surface area contributed by atoms with Gasteiger partial charge in [0.25, 0.3) is 0 Å². The molecule has 0 saturated heterocycles. The minimum atomic E-state index is -0.534. The van der Waals surface area contributed by atoms with Gasteiger partial charge in [-0.2, -0.15) is 0 Å². The molecule has 0 bridgehead atoms. The van der Waals surface area contributed by atoms with E-state index in [0.29, 0.717) is 12.8 Å². The standard InChI is InChI=1S/C12H16O3/c1-3-4-5-6-9-7-8-10(13)11(9)12(14)15-2/h1,9,11H,4-8H2,2H3. The van der Waals surface area contributed by atoms with Crippen molar-refractivity contribution in [3.63, 3.8) is 0 Å². The number of carbonyl (C=O) groups excluding carboxylic acids is 2. The molecule has 3 nitrogen and oxygen atoms in total. The Labute approximate surface area is 90.2 Å². The van der Waals surface area contributed by atoms with Gasteiger partial charge in [-0.25, -0.2) is 0 Å². The molecule has 1 aliphatic rings. The van der Waals surface area contributed by atoms with Gasteiger partial charge >= 0.3 is 5.97 Å². The van der Waals surface area contributed by atoms with E-state index in [0.717, 1.165) is 19.3 Å². The third-order valence-electron chi connectivity index (χ3n) is 2.93. The van der Waals surface area contributed by atoms with Gasteiger partial charge in [0.05, 0.1) is 7.11 Å². The summed E-state index contributed by atoms with van der Waals surface area (Å²) in [4.78, 5) is 22.9. The lowest BCUT2D eigenvalue weighted by molar-refractivity contribution is -0.149. The van der Waals surface area contributed by atoms with Crippen LogP contribution in [0.2, 0.25) is 0 Å². The van der Waals surface area contributed by atoms with E-state index in [1.54, 1.807) is 0 Å². The van der Waals surface area contributed by atoms with E-state index in [1.165, 1.54) is 7.11 Å². The van der Waals surface area contributed by atoms with Gasteiger partial charge in [0, 0.05) is 12.8 Å². The average Bonchev–Trinajstić information content (AvgIpc) is 2.59. The highest BCUT2D eigenvalue weighted by Crippen LogP contribution is 2.33. The van der Waals surface area contributed by atoms with Crippen LogP contribution < -0.4 is 0 Å². The van der Waals surface area contributed by atoms with Crippen molar-refractivity contribution in [2.24, 2.45) is 11.8 Å². The van der Waals surface area contributed by atoms with Gasteiger partial charge in [0.2, 0.25) is 0 Å². The fraction of sp³-hybridized carbons (Fsp3) is 0.667. The number of methoxy groups -OCH3 is 1. The van der Waals surface area contributed by atoms with E-state index in [2.05, 4.69) is 10.7 Å². The van der Waals surface area contributed by atoms with Crippen molar-refractivity contribution in [1.82, 2.24) is 0 Å². The van der Waals surface area contributed by atoms with Crippen LogP contribution in [0.25, 0.3) is 0 Å². The van der Waals surface area contributed by atoms with E-state index in [4.69, 9.17) is 6.42 Å². The Kier molecular flexibility index (Phi) is 4.36. The summed E-state index contributed by atoms with van der Waals surface area (Å²) in [6.07, 6.45) is 8.87. The zero-order valence-electron chi connectivity index (χ0n) is 8.99. The predicted octanol–water partition coefficient (Wildman–Crippen LogP) is 1.56. The Hall–Kier alpha value is -1.30. The molecule has 1 aliphatic carbocycles. The van der Waals surface area contributed by atoms with Crippen LogP contribution in [0.15, 0.2) is 0 Å². The summed E-state index contributed by atoms with van der Waals surface area (Å²) in [5.41, 5.74) is 0. The van der Waals surface area contributed by atoms with Crippen molar-refractivity contribution >= 4 is 11.8 Å². The summed E-state index contributed by atoms with van der Waals surface area (Å²) in [6.45, 7) is 0. The SMILES string of the molecule is C#CCCCC1CCC(=O)C1C(=O)OC. The fourth-order valence-corrected chi connectivity index (χ4v) is 2.14. The van der Waals surface area contributed by atoms with Gasteiger partial charge in [-0.1, -0.05) is 0 Å². The van der Waals surface area contributed by atoms with Gasteiger partial charge in [-0.15, -0.1) is 12.3 Å². The van der Waals surface area contributed by atoms with Crippen LogP contribution in [-0.2, 0) is 14.3 Å². The van der Waals surface area contributed by atoms with Crippen LogP contribution in [0.5, 0.6) is 0 Å². The van der Waals surface area contributed by atoms with Crippen LogP contribution in [0.3, 0.4) is 0 Å². The van der Waals surface area contributed by atoms with Crippen LogP contribution in [0, 0.1) is 24.2 Å². The number of esters is 1. The molecule has 2 atom stereocenters. The Morgan fingerprint density at radius 1 is 1.67 bits per heavy atom. The molecule has 0 aromatic carbocycles. The molecule has 2 unspecified atom stereocenters. The monoisotopic (exact) mass is 208 g/mol. The molecular formula is C12H16O3. The highest BCUT2D eigenvalue weighted by molar-refractivity contribution is 6.00. The molecule has 0 aliphatic heterocycles. The van der Waals surface area contributed by atoms with Gasteiger partial charge in [0.1, 0.15) is 11.7 Å². The maximum absolute atomic E-state index is 11.5. The molecule has 1 fully saturated rings. The summed E-state index contributed by atoms with van der Waals surface area (Å²) < 4.78 is 4.64. The smallest absolute Gasteiger partial charge is 0.316 e. The van der Waals surface area contributed by atoms with E-state index >= 15 is 0 Å². The van der Waals surface area contributed by atoms with Crippen LogP contribution in [-0.4, -0.2) is 18.9 Å². The number of carbonyl (C=O) groups is 2. The van der Waals surface area contributed by atoms with E-state index in [1.807, 2.05) is 0 Å². The summed E-state index contributed by atoms with van der Waals surface area (Å²) in [5.74, 6) is 1.80. The first-order valence-electron chi connectivity index (χ1n) is 5.24. The number of hydrogen-bond acceptors (Lipinski definition) is 3. The number of unbranched alkanes of at least 4 members (excludes halogenated alkanes) is 1. The van der Waals surface area contributed by atoms with Crippen molar-refractivity contribution in [3.8, 4) is 12.3 Å². The molecule has 1 saturated carbocycles. The first kappa shape index (κ1) is 11.8. The largest absolute Gasteiger partial charge is 0.468 e. The van der Waals surface area contributed by atoms with Gasteiger partial charge in [0.15, 0.2) is 0 Å². The zero-order valence-corrected chi connectivity index (χ0v) is 8.99. The number of ether oxygens (including phenoxy) is 1. The molecule has 0 heterocycles. The number of terminal acetylenes is 1. The molecule has 15 heavy (non-hydrogen) atoms. The highest BCUT2D eigenvalue weighted by Gasteiger charge is 2.40. The second kappa shape index (κ2) is 5.55. The van der Waals surface area contributed by atoms with E-state index in [-0.39, 0.29) is 17.7 Å². The highest BCUT2D eigenvalue weighted by atomic mass is 16.5.